The summed E-state index contributed by atoms with van der Waals surface area (Å²) in [5, 5.41) is 4.91. The van der Waals surface area contributed by atoms with Crippen LogP contribution in [0.1, 0.15) is 22.3 Å². The summed E-state index contributed by atoms with van der Waals surface area (Å²) in [7, 11) is 0. The molecule has 1 heteroatoms. The van der Waals surface area contributed by atoms with Gasteiger partial charge in [-0.15, -0.1) is 0 Å². The monoisotopic (exact) mass is 813 g/mol. The zero-order chi connectivity index (χ0) is 42.5. The third kappa shape index (κ3) is 6.08. The molecule has 0 radical (unpaired) electrons. The van der Waals surface area contributed by atoms with Crippen LogP contribution in [-0.4, -0.2) is 0 Å². The minimum Gasteiger partial charge on any atom is -0.309 e. The van der Waals surface area contributed by atoms with Crippen LogP contribution in [0.2, 0.25) is 0 Å². The van der Waals surface area contributed by atoms with Crippen molar-refractivity contribution in [2.24, 2.45) is 0 Å². The first-order valence-corrected chi connectivity index (χ1v) is 22.2. The Hall–Kier alpha value is -8.26. The van der Waals surface area contributed by atoms with Crippen molar-refractivity contribution in [1.29, 1.82) is 0 Å². The molecule has 11 aromatic rings. The van der Waals surface area contributed by atoms with Gasteiger partial charge in [-0.3, -0.25) is 0 Å². The molecule has 300 valence electrons. The largest absolute Gasteiger partial charge is 0.309 e. The molecule has 0 amide bonds. The fourth-order valence-electron chi connectivity index (χ4n) is 10.4. The average Bonchev–Trinajstić information content (AvgIpc) is 3.69. The van der Waals surface area contributed by atoms with Gasteiger partial charge in [0.15, 0.2) is 0 Å². The highest BCUT2D eigenvalue weighted by Gasteiger charge is 2.47. The average molecular weight is 814 g/mol. The van der Waals surface area contributed by atoms with E-state index in [0.717, 1.165) is 17.1 Å². The van der Waals surface area contributed by atoms with E-state index >= 15 is 0 Å². The Bertz CT molecular complexity index is 3410. The zero-order valence-electron chi connectivity index (χ0n) is 35.3. The van der Waals surface area contributed by atoms with E-state index in [9.17, 15) is 0 Å². The normalized spacial score (nSPS) is 12.5. The van der Waals surface area contributed by atoms with Gasteiger partial charge in [0.2, 0.25) is 0 Å². The van der Waals surface area contributed by atoms with Crippen LogP contribution in [0.3, 0.4) is 0 Å². The molecule has 0 unspecified atom stereocenters. The van der Waals surface area contributed by atoms with Gasteiger partial charge >= 0.3 is 0 Å². The van der Waals surface area contributed by atoms with Crippen molar-refractivity contribution in [2.75, 3.05) is 4.90 Å². The Morgan fingerprint density at radius 1 is 0.281 bits per heavy atom. The molecule has 0 saturated heterocycles. The lowest BCUT2D eigenvalue weighted by Crippen LogP contribution is -2.28. The molecule has 1 aliphatic rings. The second-order valence-corrected chi connectivity index (χ2v) is 16.8. The van der Waals surface area contributed by atoms with Crippen LogP contribution in [0, 0.1) is 0 Å². The second-order valence-electron chi connectivity index (χ2n) is 16.8. The van der Waals surface area contributed by atoms with Crippen LogP contribution >= 0.6 is 0 Å². The van der Waals surface area contributed by atoms with Crippen LogP contribution in [0.25, 0.3) is 66.1 Å². The van der Waals surface area contributed by atoms with Crippen LogP contribution in [0.4, 0.5) is 17.1 Å². The summed E-state index contributed by atoms with van der Waals surface area (Å²) >= 11 is 0. The summed E-state index contributed by atoms with van der Waals surface area (Å²) in [6.45, 7) is 0. The van der Waals surface area contributed by atoms with Gasteiger partial charge in [0.25, 0.3) is 0 Å². The summed E-state index contributed by atoms with van der Waals surface area (Å²) in [6, 6.07) is 95.8. The van der Waals surface area contributed by atoms with Crippen LogP contribution < -0.4 is 4.90 Å². The number of hydrogen-bond acceptors (Lipinski definition) is 1. The number of hydrogen-bond donors (Lipinski definition) is 0. The lowest BCUT2D eigenvalue weighted by atomic mass is 9.68. The van der Waals surface area contributed by atoms with E-state index in [1.807, 2.05) is 0 Å². The number of rotatable bonds is 8. The smallest absolute Gasteiger partial charge is 0.0714 e. The van der Waals surface area contributed by atoms with Gasteiger partial charge in [0.05, 0.1) is 16.8 Å². The fraction of sp³-hybridized carbons (Fsp3) is 0.0159. The van der Waals surface area contributed by atoms with Crippen LogP contribution in [0.15, 0.2) is 261 Å². The molecule has 0 atom stereocenters. The standard InChI is InChI=1S/C63H43N/c1-4-17-44(18-5-1)45-31-33-46(34-32-45)47-35-37-48(38-36-47)49-39-41-53(42-40-49)64(61-43-50-19-10-11-24-54(50)55-25-12-13-26-56(55)61)60-30-16-29-59-62(60)57-27-14-15-28-58(57)63(59,51-20-6-2-7-21-51)52-22-8-3-9-23-52/h1-43H. The number of anilines is 3. The summed E-state index contributed by atoms with van der Waals surface area (Å²) in [4.78, 5) is 2.52. The molecule has 11 aromatic carbocycles. The summed E-state index contributed by atoms with van der Waals surface area (Å²) < 4.78 is 0. The Balaban J connectivity index is 1.02. The van der Waals surface area contributed by atoms with Crippen molar-refractivity contribution in [2.45, 2.75) is 5.41 Å². The molecule has 0 N–H and O–H groups in total. The van der Waals surface area contributed by atoms with Gasteiger partial charge in [-0.2, -0.15) is 0 Å². The summed E-state index contributed by atoms with van der Waals surface area (Å²) in [5.41, 5.74) is 17.7. The molecule has 1 nitrogen and oxygen atoms in total. The van der Waals surface area contributed by atoms with Crippen molar-refractivity contribution in [3.05, 3.63) is 283 Å². The molecule has 0 saturated carbocycles. The number of benzene rings is 11. The van der Waals surface area contributed by atoms with E-state index in [2.05, 4.69) is 266 Å². The van der Waals surface area contributed by atoms with Gasteiger partial charge in [0.1, 0.15) is 0 Å². The van der Waals surface area contributed by atoms with Gasteiger partial charge in [-0.1, -0.05) is 237 Å². The molecular formula is C63H43N. The molecule has 0 fully saturated rings. The summed E-state index contributed by atoms with van der Waals surface area (Å²) in [5.74, 6) is 0. The third-order valence-corrected chi connectivity index (χ3v) is 13.4. The molecule has 1 aliphatic carbocycles. The van der Waals surface area contributed by atoms with E-state index in [4.69, 9.17) is 0 Å². The van der Waals surface area contributed by atoms with Crippen molar-refractivity contribution >= 4 is 38.6 Å². The maximum Gasteiger partial charge on any atom is 0.0714 e. The van der Waals surface area contributed by atoms with Crippen molar-refractivity contribution in [3.63, 3.8) is 0 Å². The Labute approximate surface area is 374 Å². The van der Waals surface area contributed by atoms with Crippen molar-refractivity contribution in [3.8, 4) is 44.5 Å². The molecule has 0 bridgehead atoms. The van der Waals surface area contributed by atoms with Gasteiger partial charge < -0.3 is 4.90 Å². The fourth-order valence-corrected chi connectivity index (χ4v) is 10.4. The molecule has 0 heterocycles. The minimum absolute atomic E-state index is 0.512. The van der Waals surface area contributed by atoms with Crippen molar-refractivity contribution < 1.29 is 0 Å². The van der Waals surface area contributed by atoms with Gasteiger partial charge in [-0.25, -0.2) is 0 Å². The SMILES string of the molecule is c1ccc(-c2ccc(-c3ccc(-c4ccc(N(c5cccc6c5-c5ccccc5C6(c5ccccc5)c5ccccc5)c5cc6ccccc6c6ccccc56)cc4)cc3)cc2)cc1. The molecule has 12 rings (SSSR count). The molecular weight excluding hydrogens is 771 g/mol. The maximum absolute atomic E-state index is 2.52. The van der Waals surface area contributed by atoms with Gasteiger partial charge in [-0.05, 0) is 102 Å². The molecule has 64 heavy (non-hydrogen) atoms. The number of fused-ring (bicyclic) bond motifs is 6. The highest BCUT2D eigenvalue weighted by Crippen LogP contribution is 2.60. The quantitative estimate of drug-likeness (QED) is 0.138. The second kappa shape index (κ2) is 15.6. The van der Waals surface area contributed by atoms with E-state index < -0.39 is 5.41 Å². The first-order chi connectivity index (χ1) is 31.8. The topological polar surface area (TPSA) is 3.24 Å². The van der Waals surface area contributed by atoms with E-state index in [1.165, 1.54) is 88.3 Å². The summed E-state index contributed by atoms with van der Waals surface area (Å²) in [6.07, 6.45) is 0. The zero-order valence-corrected chi connectivity index (χ0v) is 35.3. The van der Waals surface area contributed by atoms with Crippen LogP contribution in [0.5, 0.6) is 0 Å². The molecule has 0 spiro atoms. The van der Waals surface area contributed by atoms with E-state index in [0.29, 0.717) is 0 Å². The minimum atomic E-state index is -0.512. The van der Waals surface area contributed by atoms with Gasteiger partial charge in [0, 0.05) is 16.6 Å². The highest BCUT2D eigenvalue weighted by atomic mass is 15.1. The van der Waals surface area contributed by atoms with E-state index in [1.54, 1.807) is 0 Å². The number of nitrogens with zero attached hydrogens (tertiary/aromatic N) is 1. The molecule has 0 aliphatic heterocycles. The lowest BCUT2D eigenvalue weighted by Gasteiger charge is -2.34. The van der Waals surface area contributed by atoms with Crippen LogP contribution in [-0.2, 0) is 5.41 Å². The Morgan fingerprint density at radius 2 is 0.719 bits per heavy atom. The van der Waals surface area contributed by atoms with Crippen molar-refractivity contribution in [1.82, 2.24) is 0 Å². The predicted octanol–water partition coefficient (Wildman–Crippen LogP) is 16.8. The first-order valence-electron chi connectivity index (χ1n) is 22.2. The van der Waals surface area contributed by atoms with E-state index in [-0.39, 0.29) is 0 Å². The lowest BCUT2D eigenvalue weighted by molar-refractivity contribution is 0.768. The molecule has 0 aromatic heterocycles. The predicted molar refractivity (Wildman–Crippen MR) is 270 cm³/mol. The highest BCUT2D eigenvalue weighted by molar-refractivity contribution is 6.15. The Kier molecular flexibility index (Phi) is 9.13. The maximum atomic E-state index is 2.52. The third-order valence-electron chi connectivity index (χ3n) is 13.4. The Morgan fingerprint density at radius 3 is 1.31 bits per heavy atom. The first kappa shape index (κ1) is 37.5.